The summed E-state index contributed by atoms with van der Waals surface area (Å²) in [6.45, 7) is 6.84. The van der Waals surface area contributed by atoms with Crippen LogP contribution in [-0.2, 0) is 17.8 Å². The predicted octanol–water partition coefficient (Wildman–Crippen LogP) is 3.97. The van der Waals surface area contributed by atoms with Gasteiger partial charge in [-0.05, 0) is 49.2 Å². The first-order valence-corrected chi connectivity index (χ1v) is 9.91. The Balaban J connectivity index is 1.54. The summed E-state index contributed by atoms with van der Waals surface area (Å²) in [7, 11) is 1.65. The third kappa shape index (κ3) is 5.60. The minimum atomic E-state index is -0.0738. The fraction of sp³-hybridized carbons (Fsp3) is 0.304. The number of anilines is 2. The maximum atomic E-state index is 12.4. The molecule has 0 saturated carbocycles. The Hall–Kier alpha value is -3.28. The van der Waals surface area contributed by atoms with Crippen molar-refractivity contribution < 1.29 is 9.53 Å². The summed E-state index contributed by atoms with van der Waals surface area (Å²) in [6.07, 6.45) is 2.18. The standard InChI is InChI=1S/C23H28N4O2/c1-4-26(5-2)20-10-6-18(7-11-20)16-23(28)24-22-14-15-27(25-22)17-19-8-12-21(29-3)13-9-19/h6-15H,4-5,16-17H2,1-3H3,(H,24,25,28). The molecule has 0 aliphatic rings. The quantitative estimate of drug-likeness (QED) is 0.599. The number of nitrogens with zero attached hydrogens (tertiary/aromatic N) is 3. The normalized spacial score (nSPS) is 10.6. The van der Waals surface area contributed by atoms with Gasteiger partial charge in [0.2, 0.25) is 5.91 Å². The van der Waals surface area contributed by atoms with Crippen LogP contribution in [0.3, 0.4) is 0 Å². The van der Waals surface area contributed by atoms with E-state index in [0.717, 1.165) is 30.0 Å². The maximum Gasteiger partial charge on any atom is 0.229 e. The van der Waals surface area contributed by atoms with Gasteiger partial charge < -0.3 is 15.0 Å². The molecule has 1 heterocycles. The van der Waals surface area contributed by atoms with E-state index in [4.69, 9.17) is 4.74 Å². The summed E-state index contributed by atoms with van der Waals surface area (Å²) in [6, 6.07) is 17.8. The molecule has 3 aromatic rings. The van der Waals surface area contributed by atoms with Crippen molar-refractivity contribution >= 4 is 17.4 Å². The highest BCUT2D eigenvalue weighted by molar-refractivity contribution is 5.91. The van der Waals surface area contributed by atoms with Crippen molar-refractivity contribution in [3.63, 3.8) is 0 Å². The van der Waals surface area contributed by atoms with E-state index < -0.39 is 0 Å². The molecule has 0 aliphatic heterocycles. The van der Waals surface area contributed by atoms with E-state index in [1.807, 2.05) is 48.7 Å². The second-order valence-electron chi connectivity index (χ2n) is 6.81. The van der Waals surface area contributed by atoms with Crippen LogP contribution >= 0.6 is 0 Å². The average Bonchev–Trinajstić information content (AvgIpc) is 3.17. The Labute approximate surface area is 172 Å². The maximum absolute atomic E-state index is 12.4. The van der Waals surface area contributed by atoms with E-state index in [2.05, 4.69) is 41.3 Å². The van der Waals surface area contributed by atoms with Crippen LogP contribution in [0.15, 0.2) is 60.8 Å². The van der Waals surface area contributed by atoms with Crippen LogP contribution in [0.5, 0.6) is 5.75 Å². The largest absolute Gasteiger partial charge is 0.497 e. The van der Waals surface area contributed by atoms with Gasteiger partial charge >= 0.3 is 0 Å². The summed E-state index contributed by atoms with van der Waals surface area (Å²) in [5.41, 5.74) is 3.27. The number of aromatic nitrogens is 2. The van der Waals surface area contributed by atoms with Gasteiger partial charge in [0.25, 0.3) is 0 Å². The second kappa shape index (κ2) is 9.78. The fourth-order valence-electron chi connectivity index (χ4n) is 3.22. The molecule has 0 aliphatic carbocycles. The zero-order valence-electron chi connectivity index (χ0n) is 17.3. The molecule has 1 aromatic heterocycles. The molecule has 3 rings (SSSR count). The molecular formula is C23H28N4O2. The highest BCUT2D eigenvalue weighted by Gasteiger charge is 2.08. The lowest BCUT2D eigenvalue weighted by atomic mass is 10.1. The lowest BCUT2D eigenvalue weighted by Gasteiger charge is -2.21. The van der Waals surface area contributed by atoms with Crippen molar-refractivity contribution in [1.82, 2.24) is 9.78 Å². The Morgan fingerprint density at radius 1 is 1.00 bits per heavy atom. The van der Waals surface area contributed by atoms with Crippen molar-refractivity contribution in [3.05, 3.63) is 71.9 Å². The topological polar surface area (TPSA) is 59.4 Å². The first-order chi connectivity index (χ1) is 14.1. The van der Waals surface area contributed by atoms with Crippen LogP contribution in [-0.4, -0.2) is 35.9 Å². The number of benzene rings is 2. The number of hydrogen-bond acceptors (Lipinski definition) is 4. The Kier molecular flexibility index (Phi) is 6.89. The number of rotatable bonds is 9. The third-order valence-corrected chi connectivity index (χ3v) is 4.84. The Morgan fingerprint density at radius 3 is 2.28 bits per heavy atom. The molecule has 0 radical (unpaired) electrons. The lowest BCUT2D eigenvalue weighted by Crippen LogP contribution is -2.21. The molecule has 0 atom stereocenters. The van der Waals surface area contributed by atoms with Crippen LogP contribution in [0, 0.1) is 0 Å². The predicted molar refractivity (Wildman–Crippen MR) is 117 cm³/mol. The van der Waals surface area contributed by atoms with E-state index in [-0.39, 0.29) is 5.91 Å². The molecule has 1 amide bonds. The van der Waals surface area contributed by atoms with Crippen molar-refractivity contribution in [1.29, 1.82) is 0 Å². The van der Waals surface area contributed by atoms with Gasteiger partial charge in [-0.1, -0.05) is 24.3 Å². The molecule has 29 heavy (non-hydrogen) atoms. The molecule has 1 N–H and O–H groups in total. The molecule has 152 valence electrons. The number of methoxy groups -OCH3 is 1. The minimum absolute atomic E-state index is 0.0738. The van der Waals surface area contributed by atoms with Gasteiger partial charge in [-0.15, -0.1) is 0 Å². The van der Waals surface area contributed by atoms with Crippen molar-refractivity contribution in [3.8, 4) is 5.75 Å². The van der Waals surface area contributed by atoms with Crippen LogP contribution in [0.1, 0.15) is 25.0 Å². The first kappa shape index (κ1) is 20.5. The number of carbonyl (C=O) groups excluding carboxylic acids is 1. The minimum Gasteiger partial charge on any atom is -0.497 e. The van der Waals surface area contributed by atoms with Crippen molar-refractivity contribution in [2.75, 3.05) is 30.4 Å². The van der Waals surface area contributed by atoms with Gasteiger partial charge in [0.15, 0.2) is 5.82 Å². The fourth-order valence-corrected chi connectivity index (χ4v) is 3.22. The third-order valence-electron chi connectivity index (χ3n) is 4.84. The van der Waals surface area contributed by atoms with Gasteiger partial charge in [-0.2, -0.15) is 5.10 Å². The Morgan fingerprint density at radius 2 is 1.66 bits per heavy atom. The Bertz CT molecular complexity index is 913. The smallest absolute Gasteiger partial charge is 0.229 e. The van der Waals surface area contributed by atoms with Crippen LogP contribution in [0.25, 0.3) is 0 Å². The van der Waals surface area contributed by atoms with Gasteiger partial charge in [-0.3, -0.25) is 9.48 Å². The molecule has 0 spiro atoms. The number of carbonyl (C=O) groups is 1. The first-order valence-electron chi connectivity index (χ1n) is 9.91. The van der Waals surface area contributed by atoms with Crippen LogP contribution in [0.4, 0.5) is 11.5 Å². The average molecular weight is 393 g/mol. The summed E-state index contributed by atoms with van der Waals surface area (Å²) < 4.78 is 6.98. The van der Waals surface area contributed by atoms with Gasteiger partial charge in [0.1, 0.15) is 5.75 Å². The van der Waals surface area contributed by atoms with E-state index in [0.29, 0.717) is 18.8 Å². The number of nitrogens with one attached hydrogen (secondary N) is 1. The summed E-state index contributed by atoms with van der Waals surface area (Å²) >= 11 is 0. The van der Waals surface area contributed by atoms with Gasteiger partial charge in [0, 0.05) is 31.0 Å². The van der Waals surface area contributed by atoms with E-state index in [1.165, 1.54) is 5.69 Å². The zero-order chi connectivity index (χ0) is 20.6. The molecular weight excluding hydrogens is 364 g/mol. The number of amides is 1. The molecule has 0 saturated heterocycles. The summed E-state index contributed by atoms with van der Waals surface area (Å²) in [4.78, 5) is 14.6. The lowest BCUT2D eigenvalue weighted by molar-refractivity contribution is -0.115. The SMILES string of the molecule is CCN(CC)c1ccc(CC(=O)Nc2ccn(Cc3ccc(OC)cc3)n2)cc1. The van der Waals surface area contributed by atoms with Gasteiger partial charge in [-0.25, -0.2) is 0 Å². The second-order valence-corrected chi connectivity index (χ2v) is 6.81. The zero-order valence-corrected chi connectivity index (χ0v) is 17.3. The molecule has 0 bridgehead atoms. The van der Waals surface area contributed by atoms with Crippen LogP contribution in [0.2, 0.25) is 0 Å². The van der Waals surface area contributed by atoms with Crippen molar-refractivity contribution in [2.24, 2.45) is 0 Å². The van der Waals surface area contributed by atoms with E-state index in [1.54, 1.807) is 11.8 Å². The monoisotopic (exact) mass is 392 g/mol. The molecule has 6 heteroatoms. The van der Waals surface area contributed by atoms with Gasteiger partial charge in [0.05, 0.1) is 20.1 Å². The molecule has 6 nitrogen and oxygen atoms in total. The summed E-state index contributed by atoms with van der Waals surface area (Å²) in [5.74, 6) is 1.31. The molecule has 0 unspecified atom stereocenters. The summed E-state index contributed by atoms with van der Waals surface area (Å²) in [5, 5.41) is 7.31. The van der Waals surface area contributed by atoms with Crippen LogP contribution < -0.4 is 15.0 Å². The highest BCUT2D eigenvalue weighted by atomic mass is 16.5. The number of ether oxygens (including phenoxy) is 1. The highest BCUT2D eigenvalue weighted by Crippen LogP contribution is 2.16. The van der Waals surface area contributed by atoms with E-state index >= 15 is 0 Å². The molecule has 2 aromatic carbocycles. The van der Waals surface area contributed by atoms with Crippen molar-refractivity contribution in [2.45, 2.75) is 26.8 Å². The molecule has 0 fully saturated rings. The number of hydrogen-bond donors (Lipinski definition) is 1. The van der Waals surface area contributed by atoms with E-state index in [9.17, 15) is 4.79 Å².